The van der Waals surface area contributed by atoms with Gasteiger partial charge in [0, 0.05) is 0 Å². The molecule has 4 bridgehead atoms. The number of benzene rings is 4. The molecule has 0 spiro atoms. The van der Waals surface area contributed by atoms with E-state index in [0.29, 0.717) is 27.7 Å². The average molecular weight is 658 g/mol. The van der Waals surface area contributed by atoms with Crippen LogP contribution in [0.4, 0.5) is 0 Å². The summed E-state index contributed by atoms with van der Waals surface area (Å²) in [4.78, 5) is 16.5. The van der Waals surface area contributed by atoms with Crippen LogP contribution in [-0.4, -0.2) is 92.7 Å². The van der Waals surface area contributed by atoms with Gasteiger partial charge >= 0.3 is 311 Å². The first-order chi connectivity index (χ1) is 24.8. The maximum atomic E-state index is 12.4. The zero-order valence-electron chi connectivity index (χ0n) is 27.7. The van der Waals surface area contributed by atoms with E-state index >= 15 is 0 Å². The molecule has 1 aromatic heterocycles. The fourth-order valence-corrected chi connectivity index (χ4v) is 7.48. The molecule has 3 N–H and O–H groups in total. The van der Waals surface area contributed by atoms with Crippen LogP contribution in [0, 0.1) is 5.92 Å². The summed E-state index contributed by atoms with van der Waals surface area (Å²) in [5, 5.41) is 37.1. The number of hydrogen-bond donors (Lipinski definition) is 3. The molecule has 231 valence electrons. The van der Waals surface area contributed by atoms with Gasteiger partial charge in [-0.05, 0) is 0 Å². The molecule has 0 saturated heterocycles. The first-order valence-electron chi connectivity index (χ1n) is 16.1. The predicted molar refractivity (Wildman–Crippen MR) is 211 cm³/mol. The summed E-state index contributed by atoms with van der Waals surface area (Å²) in [7, 11) is 53.2. The van der Waals surface area contributed by atoms with Crippen LogP contribution < -0.4 is 21.3 Å². The molecule has 5 aromatic rings. The topological polar surface area (TPSA) is 97.0 Å². The van der Waals surface area contributed by atoms with Gasteiger partial charge in [-0.25, -0.2) is 0 Å². The molecule has 8 rings (SSSR count). The summed E-state index contributed by atoms with van der Waals surface area (Å²) in [6.07, 6.45) is 0. The number of aliphatic hydroxyl groups is 2. The Hall–Kier alpha value is -5.30. The van der Waals surface area contributed by atoms with Crippen LogP contribution in [-0.2, 0) is 4.89 Å². The van der Waals surface area contributed by atoms with Gasteiger partial charge in [0.05, 0.1) is 0 Å². The third-order valence-corrected chi connectivity index (χ3v) is 9.92. The van der Waals surface area contributed by atoms with Crippen molar-refractivity contribution in [2.45, 2.75) is 12.8 Å². The Morgan fingerprint density at radius 2 is 1.50 bits per heavy atom. The molecule has 2 heterocycles. The Morgan fingerprint density at radius 3 is 2.25 bits per heavy atom. The monoisotopic (exact) mass is 659 g/mol. The fourth-order valence-electron chi connectivity index (χ4n) is 7.48. The Morgan fingerprint density at radius 1 is 0.808 bits per heavy atom. The first-order valence-corrected chi connectivity index (χ1v) is 16.1. The summed E-state index contributed by atoms with van der Waals surface area (Å²) in [6.45, 7) is 1.47. The molecule has 0 fully saturated rings. The summed E-state index contributed by atoms with van der Waals surface area (Å²) in [6, 6.07) is 20.3. The molecule has 7 nitrogen and oxygen atoms in total. The second-order valence-electron chi connectivity index (χ2n) is 12.8. The maximum absolute atomic E-state index is 12.4. The Balaban J connectivity index is 1.62. The van der Waals surface area contributed by atoms with Gasteiger partial charge in [-0.15, -0.1) is 0 Å². The van der Waals surface area contributed by atoms with Crippen molar-refractivity contribution in [3.05, 3.63) is 128 Å². The van der Waals surface area contributed by atoms with Gasteiger partial charge in [-0.3, -0.25) is 0 Å². The number of aromatic hydroxyl groups is 1. The van der Waals surface area contributed by atoms with Gasteiger partial charge in [0.15, 0.2) is 0 Å². The number of aliphatic hydroxyl groups excluding tert-OH is 2. The van der Waals surface area contributed by atoms with E-state index in [1.807, 2.05) is 42.5 Å². The van der Waals surface area contributed by atoms with Crippen LogP contribution >= 0.6 is 0 Å². The number of fused-ring (bicyclic) bond motifs is 8. The van der Waals surface area contributed by atoms with Gasteiger partial charge in [0.2, 0.25) is 0 Å². The Bertz CT molecular complexity index is 2630. The zero-order valence-corrected chi connectivity index (χ0v) is 27.7. The number of imidazole rings is 1. The number of phenolic OH excluding ortho intramolecular Hbond substituents is 1. The molecule has 3 aliphatic rings. The van der Waals surface area contributed by atoms with E-state index < -0.39 is 29.1 Å². The summed E-state index contributed by atoms with van der Waals surface area (Å²) < 4.78 is 1.54. The molecule has 15 heteroatoms. The zero-order chi connectivity index (χ0) is 36.9. The van der Waals surface area contributed by atoms with Crippen molar-refractivity contribution in [1.82, 2.24) is 9.55 Å². The molecule has 1 aliphatic heterocycles. The van der Waals surface area contributed by atoms with Gasteiger partial charge in [0.25, 0.3) is 0 Å². The average Bonchev–Trinajstić information content (AvgIpc) is 3.51. The standard InChI is InChI=1S/C37H19B8N2O5/c1-13(38)32(48)26(41)23-22-21-20(19(24(23)39)16-10-6-8-14-7-2-3-9-15(14)16)25(40)28(43)36(33(21)49)52-51-35-29(44)27(42)34(50)31(30(35)45)47-18-12-5-4-11-17(18)46-37(22)47/h2-12,21-22,48-50H,1H3/b26-23+,32-13-. The van der Waals surface area contributed by atoms with Gasteiger partial charge in [-0.2, -0.15) is 0 Å². The van der Waals surface area contributed by atoms with Crippen molar-refractivity contribution in [1.29, 1.82) is 0 Å². The van der Waals surface area contributed by atoms with Gasteiger partial charge in [0.1, 0.15) is 0 Å². The number of para-hydroxylation sites is 2. The van der Waals surface area contributed by atoms with Crippen molar-refractivity contribution in [2.75, 3.05) is 0 Å². The minimum absolute atomic E-state index is 0.00148. The number of rotatable bonds is 2. The van der Waals surface area contributed by atoms with Gasteiger partial charge in [-0.1, -0.05) is 0 Å². The van der Waals surface area contributed by atoms with Crippen molar-refractivity contribution in [3.63, 3.8) is 0 Å². The van der Waals surface area contributed by atoms with E-state index in [2.05, 4.69) is 0 Å². The summed E-state index contributed by atoms with van der Waals surface area (Å²) in [5.74, 6) is -4.31. The van der Waals surface area contributed by atoms with Crippen molar-refractivity contribution < 1.29 is 25.1 Å². The number of phenols is 1. The van der Waals surface area contributed by atoms with Crippen LogP contribution in [0.3, 0.4) is 0 Å². The van der Waals surface area contributed by atoms with Crippen molar-refractivity contribution in [3.8, 4) is 17.2 Å². The third-order valence-electron chi connectivity index (χ3n) is 9.92. The Labute approximate surface area is 309 Å². The van der Waals surface area contributed by atoms with Crippen LogP contribution in [0.25, 0.3) is 33.1 Å². The van der Waals surface area contributed by atoms with Crippen LogP contribution in [0.5, 0.6) is 11.5 Å². The van der Waals surface area contributed by atoms with E-state index in [1.54, 1.807) is 28.8 Å². The molecule has 2 atom stereocenters. The molecule has 0 amide bonds. The van der Waals surface area contributed by atoms with Gasteiger partial charge < -0.3 is 0 Å². The van der Waals surface area contributed by atoms with E-state index in [-0.39, 0.29) is 72.3 Å². The first kappa shape index (κ1) is 33.8. The molecular formula is C37H19B8N2O5. The second kappa shape index (κ2) is 12.1. The molecule has 2 aliphatic carbocycles. The predicted octanol–water partition coefficient (Wildman–Crippen LogP) is 1.81. The summed E-state index contributed by atoms with van der Waals surface area (Å²) >= 11 is 0. The fraction of sp³-hybridized carbons (Fsp3) is 0.0811. The molecule has 15 radical (unpaired) electrons. The third kappa shape index (κ3) is 4.64. The van der Waals surface area contributed by atoms with E-state index in [4.69, 9.17) is 77.2 Å². The van der Waals surface area contributed by atoms with E-state index in [9.17, 15) is 15.3 Å². The SMILES string of the molecule is [B]C1=C([B])C2=C(c3cccc4ccccc34)C(=[B])/C(=C([B])\C(O)=C(\[B])C)C3c4nc5ccccc5n4-c4c([B])c(c([B])c([B])c4O)OOC1=C(O)C23. The molecule has 52 heavy (non-hydrogen) atoms. The second-order valence-corrected chi connectivity index (χ2v) is 12.8. The summed E-state index contributed by atoms with van der Waals surface area (Å²) in [5.41, 5.74) is 1.21. The van der Waals surface area contributed by atoms with Crippen LogP contribution in [0.1, 0.15) is 24.2 Å². The van der Waals surface area contributed by atoms with E-state index in [0.717, 1.165) is 10.8 Å². The molecule has 4 aromatic carbocycles. The quantitative estimate of drug-likeness (QED) is 0.152. The Kier molecular flexibility index (Phi) is 7.90. The number of allylic oxidation sites excluding steroid dienone is 7. The van der Waals surface area contributed by atoms with Crippen molar-refractivity contribution >= 4 is 112 Å². The van der Waals surface area contributed by atoms with Crippen LogP contribution in [0.2, 0.25) is 0 Å². The van der Waals surface area contributed by atoms with Crippen molar-refractivity contribution in [2.24, 2.45) is 5.92 Å². The number of aromatic nitrogens is 2. The molecule has 2 unspecified atom stereocenters. The van der Waals surface area contributed by atoms with Crippen LogP contribution in [0.15, 0.2) is 117 Å². The molecular weight excluding hydrogens is 639 g/mol. The van der Waals surface area contributed by atoms with E-state index in [1.165, 1.54) is 6.92 Å². The number of hydrogen-bond acceptors (Lipinski definition) is 6. The molecule has 0 saturated carbocycles. The minimum atomic E-state index is -1.21. The normalized spacial score (nSPS) is 19.9. The number of nitrogens with zero attached hydrogens (tertiary/aromatic N) is 2.